The Morgan fingerprint density at radius 3 is 2.69 bits per heavy atom. The molecule has 2 saturated carbocycles. The third kappa shape index (κ3) is 2.06. The summed E-state index contributed by atoms with van der Waals surface area (Å²) in [5.74, 6) is -0.352. The number of carbonyl (C=O) groups is 1. The van der Waals surface area contributed by atoms with Gasteiger partial charge in [0.05, 0.1) is 5.92 Å². The molecule has 2 rings (SSSR count). The van der Waals surface area contributed by atoms with Crippen LogP contribution in [-0.2, 0) is 9.63 Å². The van der Waals surface area contributed by atoms with Gasteiger partial charge >= 0.3 is 5.97 Å². The topological polar surface area (TPSA) is 58.9 Å². The van der Waals surface area contributed by atoms with E-state index in [-0.39, 0.29) is 17.3 Å². The lowest BCUT2D eigenvalue weighted by Gasteiger charge is -2.23. The fourth-order valence-electron chi connectivity index (χ4n) is 2.34. The number of hydrogen-bond donors (Lipinski definition) is 1. The molecule has 0 heterocycles. The summed E-state index contributed by atoms with van der Waals surface area (Å²) < 4.78 is 0. The van der Waals surface area contributed by atoms with Crippen LogP contribution in [0.3, 0.4) is 0 Å². The van der Waals surface area contributed by atoms with Crippen LogP contribution >= 0.6 is 0 Å². The predicted molar refractivity (Wildman–Crippen MR) is 60.2 cm³/mol. The number of carboxylic acid groups (broad SMARTS) is 1. The number of hydrogen-bond acceptors (Lipinski definition) is 3. The minimum absolute atomic E-state index is 0.0198. The smallest absolute Gasteiger partial charge is 0.307 e. The van der Waals surface area contributed by atoms with Crippen LogP contribution in [0.5, 0.6) is 0 Å². The average molecular weight is 225 g/mol. The Bertz CT molecular complexity index is 307. The number of carboxylic acids is 1. The van der Waals surface area contributed by atoms with E-state index in [1.54, 1.807) is 6.21 Å². The molecular weight excluding hydrogens is 206 g/mol. The first-order chi connectivity index (χ1) is 7.53. The Morgan fingerprint density at radius 2 is 2.25 bits per heavy atom. The van der Waals surface area contributed by atoms with Crippen molar-refractivity contribution in [3.8, 4) is 0 Å². The van der Waals surface area contributed by atoms with E-state index in [2.05, 4.69) is 5.16 Å². The molecule has 0 spiro atoms. The first kappa shape index (κ1) is 11.4. The molecule has 0 aliphatic heterocycles. The van der Waals surface area contributed by atoms with Crippen LogP contribution in [0.15, 0.2) is 5.16 Å². The highest BCUT2D eigenvalue weighted by atomic mass is 16.6. The zero-order chi connectivity index (χ0) is 11.8. The Labute approximate surface area is 95.7 Å². The second-order valence-corrected chi connectivity index (χ2v) is 5.51. The molecule has 0 radical (unpaired) electrons. The lowest BCUT2D eigenvalue weighted by molar-refractivity contribution is -0.139. The van der Waals surface area contributed by atoms with E-state index in [1.165, 1.54) is 19.3 Å². The Balaban J connectivity index is 1.73. The Kier molecular flexibility index (Phi) is 2.91. The van der Waals surface area contributed by atoms with Gasteiger partial charge in [0.15, 0.2) is 0 Å². The van der Waals surface area contributed by atoms with E-state index < -0.39 is 5.97 Å². The summed E-state index contributed by atoms with van der Waals surface area (Å²) in [5.41, 5.74) is -0.171. The van der Waals surface area contributed by atoms with Crippen LogP contribution in [0.2, 0.25) is 0 Å². The first-order valence-corrected chi connectivity index (χ1v) is 5.91. The molecule has 2 atom stereocenters. The van der Waals surface area contributed by atoms with Crippen molar-refractivity contribution in [3.05, 3.63) is 0 Å². The number of rotatable bonds is 5. The molecule has 4 heteroatoms. The maximum absolute atomic E-state index is 10.9. The second-order valence-electron chi connectivity index (χ2n) is 5.51. The van der Waals surface area contributed by atoms with Crippen LogP contribution in [0.25, 0.3) is 0 Å². The summed E-state index contributed by atoms with van der Waals surface area (Å²) in [7, 11) is 0. The molecule has 0 aromatic carbocycles. The molecule has 90 valence electrons. The molecule has 16 heavy (non-hydrogen) atoms. The largest absolute Gasteiger partial charge is 0.481 e. The van der Waals surface area contributed by atoms with Crippen molar-refractivity contribution in [1.82, 2.24) is 0 Å². The Morgan fingerprint density at radius 1 is 1.56 bits per heavy atom. The van der Waals surface area contributed by atoms with Gasteiger partial charge in [0.1, 0.15) is 6.61 Å². The first-order valence-electron chi connectivity index (χ1n) is 5.91. The van der Waals surface area contributed by atoms with Crippen molar-refractivity contribution in [1.29, 1.82) is 0 Å². The van der Waals surface area contributed by atoms with Crippen molar-refractivity contribution in [2.45, 2.75) is 33.1 Å². The number of aliphatic carboxylic acids is 1. The summed E-state index contributed by atoms with van der Waals surface area (Å²) in [6, 6.07) is 0. The fraction of sp³-hybridized carbons (Fsp3) is 0.833. The van der Waals surface area contributed by atoms with Gasteiger partial charge in [-0.2, -0.15) is 0 Å². The van der Waals surface area contributed by atoms with Crippen LogP contribution in [-0.4, -0.2) is 23.9 Å². The van der Waals surface area contributed by atoms with E-state index in [1.807, 2.05) is 13.8 Å². The molecule has 0 bridgehead atoms. The van der Waals surface area contributed by atoms with E-state index in [9.17, 15) is 4.79 Å². The van der Waals surface area contributed by atoms with Gasteiger partial charge in [0.25, 0.3) is 0 Å². The van der Waals surface area contributed by atoms with Crippen LogP contribution < -0.4 is 0 Å². The monoisotopic (exact) mass is 225 g/mol. The predicted octanol–water partition coefficient (Wildman–Crippen LogP) is 2.15. The van der Waals surface area contributed by atoms with Crippen LogP contribution in [0, 0.1) is 23.2 Å². The van der Waals surface area contributed by atoms with Gasteiger partial charge in [-0.3, -0.25) is 4.79 Å². The number of nitrogens with zero attached hydrogens (tertiary/aromatic N) is 1. The minimum Gasteiger partial charge on any atom is -0.481 e. The van der Waals surface area contributed by atoms with E-state index >= 15 is 0 Å². The highest BCUT2D eigenvalue weighted by molar-refractivity contribution is 5.84. The second kappa shape index (κ2) is 4.07. The molecule has 2 fully saturated rings. The normalized spacial score (nSPS) is 32.4. The van der Waals surface area contributed by atoms with Gasteiger partial charge in [-0.1, -0.05) is 25.4 Å². The third-order valence-corrected chi connectivity index (χ3v) is 4.01. The maximum atomic E-state index is 10.9. The van der Waals surface area contributed by atoms with Crippen molar-refractivity contribution in [2.24, 2.45) is 28.3 Å². The molecule has 0 aromatic heterocycles. The molecule has 1 unspecified atom stereocenters. The lowest BCUT2D eigenvalue weighted by Crippen LogP contribution is -2.16. The van der Waals surface area contributed by atoms with E-state index in [0.717, 1.165) is 0 Å². The van der Waals surface area contributed by atoms with Gasteiger partial charge in [0.2, 0.25) is 0 Å². The van der Waals surface area contributed by atoms with Crippen LogP contribution in [0.4, 0.5) is 0 Å². The van der Waals surface area contributed by atoms with Gasteiger partial charge < -0.3 is 9.94 Å². The Hall–Kier alpha value is -1.06. The third-order valence-electron chi connectivity index (χ3n) is 4.01. The van der Waals surface area contributed by atoms with E-state index in [4.69, 9.17) is 9.94 Å². The number of oxime groups is 1. The molecule has 0 amide bonds. The molecule has 2 aliphatic carbocycles. The van der Waals surface area contributed by atoms with Crippen LogP contribution in [0.1, 0.15) is 33.1 Å². The summed E-state index contributed by atoms with van der Waals surface area (Å²) in [6.45, 7) is 4.59. The summed E-state index contributed by atoms with van der Waals surface area (Å²) >= 11 is 0. The zero-order valence-corrected chi connectivity index (χ0v) is 9.85. The SMILES string of the molecule is CC1(C)C(/C=N/OCC2CCC2)[C@H]1C(=O)O. The molecule has 0 aromatic rings. The fourth-order valence-corrected chi connectivity index (χ4v) is 2.34. The van der Waals surface area contributed by atoms with Crippen molar-refractivity contribution >= 4 is 12.2 Å². The summed E-state index contributed by atoms with van der Waals surface area (Å²) in [6.07, 6.45) is 5.44. The highest BCUT2D eigenvalue weighted by Crippen LogP contribution is 2.57. The van der Waals surface area contributed by atoms with E-state index in [0.29, 0.717) is 12.5 Å². The molecule has 1 N–H and O–H groups in total. The van der Waals surface area contributed by atoms with Crippen molar-refractivity contribution in [2.75, 3.05) is 6.61 Å². The quantitative estimate of drug-likeness (QED) is 0.576. The maximum Gasteiger partial charge on any atom is 0.307 e. The summed E-state index contributed by atoms with van der Waals surface area (Å²) in [4.78, 5) is 16.1. The van der Waals surface area contributed by atoms with Crippen molar-refractivity contribution in [3.63, 3.8) is 0 Å². The van der Waals surface area contributed by atoms with Gasteiger partial charge in [0, 0.05) is 12.1 Å². The van der Waals surface area contributed by atoms with Gasteiger partial charge in [-0.15, -0.1) is 0 Å². The van der Waals surface area contributed by atoms with Gasteiger partial charge in [-0.05, 0) is 24.2 Å². The molecule has 0 saturated heterocycles. The van der Waals surface area contributed by atoms with Crippen molar-refractivity contribution < 1.29 is 14.7 Å². The lowest BCUT2D eigenvalue weighted by atomic mass is 9.86. The van der Waals surface area contributed by atoms with Gasteiger partial charge in [-0.25, -0.2) is 0 Å². The molecular formula is C12H19NO3. The average Bonchev–Trinajstić information content (AvgIpc) is 2.65. The summed E-state index contributed by atoms with van der Waals surface area (Å²) in [5, 5.41) is 12.8. The standard InChI is InChI=1S/C12H19NO3/c1-12(2)9(10(12)11(14)15)6-13-16-7-8-4-3-5-8/h6,8-10H,3-5,7H2,1-2H3,(H,14,15)/b13-6+/t9?,10-/m0/s1. The molecule has 4 nitrogen and oxygen atoms in total. The minimum atomic E-state index is -0.736. The highest BCUT2D eigenvalue weighted by Gasteiger charge is 2.61. The molecule has 2 aliphatic rings. The zero-order valence-electron chi connectivity index (χ0n) is 9.85.